The molecule has 0 radical (unpaired) electrons. The van der Waals surface area contributed by atoms with Crippen LogP contribution in [-0.4, -0.2) is 58.5 Å². The number of Topliss-reactive ketones (excluding diaryl/α,β-unsaturated/α-hetero) is 2. The third-order valence-corrected chi connectivity index (χ3v) is 7.26. The Kier molecular flexibility index (Phi) is 11.6. The van der Waals surface area contributed by atoms with Gasteiger partial charge in [0, 0.05) is 30.2 Å². The molecule has 3 aromatic rings. The van der Waals surface area contributed by atoms with Gasteiger partial charge in [0.1, 0.15) is 17.6 Å². The summed E-state index contributed by atoms with van der Waals surface area (Å²) in [4.78, 5) is 55.5. The van der Waals surface area contributed by atoms with Gasteiger partial charge < -0.3 is 19.9 Å². The fourth-order valence-corrected chi connectivity index (χ4v) is 5.08. The number of amides is 2. The Morgan fingerprint density at radius 1 is 1.05 bits per heavy atom. The Labute approximate surface area is 244 Å². The summed E-state index contributed by atoms with van der Waals surface area (Å²) in [6.45, 7) is 6.65. The normalized spacial score (nSPS) is 12.4. The molecule has 0 unspecified atom stereocenters. The number of aromatic nitrogens is 2. The van der Waals surface area contributed by atoms with Crippen molar-refractivity contribution >= 4 is 35.1 Å². The van der Waals surface area contributed by atoms with Crippen molar-refractivity contribution in [2.45, 2.75) is 58.4 Å². The molecule has 0 fully saturated rings. The number of aryl methyl sites for hydroxylation is 1. The highest BCUT2D eigenvalue weighted by Gasteiger charge is 2.29. The monoisotopic (exact) mass is 580 g/mol. The zero-order valence-electron chi connectivity index (χ0n) is 23.9. The maximum Gasteiger partial charge on any atom is 0.243 e. The maximum atomic E-state index is 13.3. The lowest BCUT2D eigenvalue weighted by molar-refractivity contribution is -0.132. The Balaban J connectivity index is 1.66. The van der Waals surface area contributed by atoms with E-state index in [1.54, 1.807) is 39.0 Å². The van der Waals surface area contributed by atoms with Crippen LogP contribution in [0.5, 0.6) is 5.75 Å². The number of benzene rings is 2. The van der Waals surface area contributed by atoms with Crippen LogP contribution in [0.1, 0.15) is 44.2 Å². The number of nitrogens with one attached hydrogen (secondary N) is 2. The fourth-order valence-electron chi connectivity index (χ4n) is 4.14. The minimum absolute atomic E-state index is 0.0731. The molecule has 2 amide bonds. The number of hydrogen-bond acceptors (Lipinski definition) is 9. The van der Waals surface area contributed by atoms with E-state index in [9.17, 15) is 19.2 Å². The second-order valence-electron chi connectivity index (χ2n) is 10.0. The van der Waals surface area contributed by atoms with Crippen LogP contribution in [0.25, 0.3) is 11.4 Å². The summed E-state index contributed by atoms with van der Waals surface area (Å²) in [6.07, 6.45) is -0.189. The number of thioether (sulfide) groups is 1. The van der Waals surface area contributed by atoms with Gasteiger partial charge in [-0.15, -0.1) is 11.8 Å². The number of rotatable bonds is 15. The SMILES string of the molecule is COc1ccc(-c2noc(C)n2)cc1CC(=O)N[C@H](C(=O)N[C@@H](CC(C)=O)C(=O)CSCc1ccccc1)C(C)C. The van der Waals surface area contributed by atoms with E-state index in [0.717, 1.165) is 5.56 Å². The molecule has 10 nitrogen and oxygen atoms in total. The molecule has 0 saturated carbocycles. The summed E-state index contributed by atoms with van der Waals surface area (Å²) in [5.74, 6) is 0.385. The molecule has 0 aliphatic carbocycles. The average Bonchev–Trinajstić information content (AvgIpc) is 3.37. The first-order valence-electron chi connectivity index (χ1n) is 13.3. The number of carbonyl (C=O) groups excluding carboxylic acids is 4. The quantitative estimate of drug-likeness (QED) is 0.275. The molecule has 2 atom stereocenters. The Morgan fingerprint density at radius 2 is 1.78 bits per heavy atom. The summed E-state index contributed by atoms with van der Waals surface area (Å²) < 4.78 is 10.5. The van der Waals surface area contributed by atoms with Gasteiger partial charge in [-0.05, 0) is 36.6 Å². The fraction of sp³-hybridized carbons (Fsp3) is 0.400. The zero-order chi connectivity index (χ0) is 29.9. The van der Waals surface area contributed by atoms with Crippen molar-refractivity contribution < 1.29 is 28.4 Å². The molecule has 1 aromatic heterocycles. The van der Waals surface area contributed by atoms with Crippen LogP contribution in [0.2, 0.25) is 0 Å². The topological polar surface area (TPSA) is 140 Å². The van der Waals surface area contributed by atoms with Crippen molar-refractivity contribution in [2.75, 3.05) is 12.9 Å². The summed E-state index contributed by atoms with van der Waals surface area (Å²) in [6, 6.07) is 13.0. The van der Waals surface area contributed by atoms with E-state index < -0.39 is 23.9 Å². The first-order valence-corrected chi connectivity index (χ1v) is 14.4. The van der Waals surface area contributed by atoms with Gasteiger partial charge in [-0.2, -0.15) is 4.98 Å². The van der Waals surface area contributed by atoms with E-state index in [-0.39, 0.29) is 36.1 Å². The van der Waals surface area contributed by atoms with Gasteiger partial charge in [0.15, 0.2) is 5.78 Å². The van der Waals surface area contributed by atoms with Gasteiger partial charge in [-0.3, -0.25) is 19.2 Å². The molecule has 2 aromatic carbocycles. The highest BCUT2D eigenvalue weighted by atomic mass is 32.2. The van der Waals surface area contributed by atoms with E-state index in [4.69, 9.17) is 9.26 Å². The lowest BCUT2D eigenvalue weighted by Gasteiger charge is -2.25. The highest BCUT2D eigenvalue weighted by Crippen LogP contribution is 2.26. The molecule has 218 valence electrons. The number of ether oxygens (including phenoxy) is 1. The zero-order valence-corrected chi connectivity index (χ0v) is 24.7. The van der Waals surface area contributed by atoms with Crippen LogP contribution in [0.4, 0.5) is 0 Å². The summed E-state index contributed by atoms with van der Waals surface area (Å²) >= 11 is 1.42. The van der Waals surface area contributed by atoms with Crippen LogP contribution < -0.4 is 15.4 Å². The molecule has 0 saturated heterocycles. The molecule has 0 aliphatic heterocycles. The van der Waals surface area contributed by atoms with Gasteiger partial charge in [-0.25, -0.2) is 0 Å². The Hall–Kier alpha value is -3.99. The summed E-state index contributed by atoms with van der Waals surface area (Å²) in [7, 11) is 1.50. The van der Waals surface area contributed by atoms with Crippen LogP contribution in [-0.2, 0) is 31.4 Å². The average molecular weight is 581 g/mol. The molecule has 0 bridgehead atoms. The van der Waals surface area contributed by atoms with Crippen LogP contribution in [0.3, 0.4) is 0 Å². The first-order chi connectivity index (χ1) is 19.6. The van der Waals surface area contributed by atoms with Gasteiger partial charge >= 0.3 is 0 Å². The van der Waals surface area contributed by atoms with Gasteiger partial charge in [0.05, 0.1) is 25.3 Å². The van der Waals surface area contributed by atoms with Crippen molar-refractivity contribution in [3.63, 3.8) is 0 Å². The third kappa shape index (κ3) is 9.56. The molecule has 41 heavy (non-hydrogen) atoms. The standard InChI is InChI=1S/C30H36N4O6S/c1-18(2)28(30(38)32-24(13-19(3)35)25(36)17-41-16-21-9-7-6-8-10-21)33-27(37)15-23-14-22(11-12-26(23)39-5)29-31-20(4)40-34-29/h6-12,14,18,24,28H,13,15-17H2,1-5H3,(H,32,38)(H,33,37)/t24-,28-/m0/s1. The van der Waals surface area contributed by atoms with E-state index in [0.29, 0.717) is 34.3 Å². The van der Waals surface area contributed by atoms with Crippen LogP contribution in [0, 0.1) is 12.8 Å². The van der Waals surface area contributed by atoms with Gasteiger partial charge in [-0.1, -0.05) is 49.3 Å². The van der Waals surface area contributed by atoms with Crippen molar-refractivity contribution in [3.05, 3.63) is 65.5 Å². The molecule has 2 N–H and O–H groups in total. The molecular weight excluding hydrogens is 544 g/mol. The van der Waals surface area contributed by atoms with Crippen molar-refractivity contribution in [2.24, 2.45) is 5.92 Å². The Bertz CT molecular complexity index is 1360. The number of carbonyl (C=O) groups is 4. The van der Waals surface area contributed by atoms with Gasteiger partial charge in [0.2, 0.25) is 23.5 Å². The third-order valence-electron chi connectivity index (χ3n) is 6.24. The smallest absolute Gasteiger partial charge is 0.243 e. The lowest BCUT2D eigenvalue weighted by Crippen LogP contribution is -2.54. The second kappa shape index (κ2) is 15.1. The molecule has 1 heterocycles. The summed E-state index contributed by atoms with van der Waals surface area (Å²) in [5, 5.41) is 9.42. The van der Waals surface area contributed by atoms with Crippen molar-refractivity contribution in [1.29, 1.82) is 0 Å². The van der Waals surface area contributed by atoms with Gasteiger partial charge in [0.25, 0.3) is 0 Å². The summed E-state index contributed by atoms with van der Waals surface area (Å²) in [5.41, 5.74) is 2.31. The van der Waals surface area contributed by atoms with Crippen molar-refractivity contribution in [1.82, 2.24) is 20.8 Å². The minimum atomic E-state index is -0.975. The molecule has 0 spiro atoms. The molecule has 3 rings (SSSR count). The predicted molar refractivity (Wildman–Crippen MR) is 156 cm³/mol. The van der Waals surface area contributed by atoms with Crippen LogP contribution >= 0.6 is 11.8 Å². The molecule has 11 heteroatoms. The highest BCUT2D eigenvalue weighted by molar-refractivity contribution is 7.99. The number of nitrogens with zero attached hydrogens (tertiary/aromatic N) is 2. The number of ketones is 2. The van der Waals surface area contributed by atoms with E-state index >= 15 is 0 Å². The number of methoxy groups -OCH3 is 1. The first kappa shape index (κ1) is 31.5. The van der Waals surface area contributed by atoms with Crippen molar-refractivity contribution in [3.8, 4) is 17.1 Å². The van der Waals surface area contributed by atoms with Crippen LogP contribution in [0.15, 0.2) is 53.1 Å². The second-order valence-corrected chi connectivity index (χ2v) is 11.0. The largest absolute Gasteiger partial charge is 0.496 e. The molecular formula is C30H36N4O6S. The minimum Gasteiger partial charge on any atom is -0.496 e. The predicted octanol–water partition coefficient (Wildman–Crippen LogP) is 3.70. The Morgan fingerprint density at radius 3 is 2.39 bits per heavy atom. The maximum absolute atomic E-state index is 13.3. The number of hydrogen-bond donors (Lipinski definition) is 2. The van der Waals surface area contributed by atoms with E-state index in [1.165, 1.54) is 25.8 Å². The molecule has 0 aliphatic rings. The van der Waals surface area contributed by atoms with E-state index in [2.05, 4.69) is 20.8 Å². The lowest BCUT2D eigenvalue weighted by atomic mass is 10.0. The van der Waals surface area contributed by atoms with E-state index in [1.807, 2.05) is 30.3 Å².